The van der Waals surface area contributed by atoms with Crippen LogP contribution in [0.3, 0.4) is 0 Å². The second kappa shape index (κ2) is 5.35. The number of carbonyl (C=O) groups is 1. The summed E-state index contributed by atoms with van der Waals surface area (Å²) >= 11 is 0. The van der Waals surface area contributed by atoms with Crippen molar-refractivity contribution in [3.63, 3.8) is 0 Å². The highest BCUT2D eigenvalue weighted by Crippen LogP contribution is 2.30. The normalized spacial score (nSPS) is 23.2. The van der Waals surface area contributed by atoms with Gasteiger partial charge in [0.1, 0.15) is 0 Å². The van der Waals surface area contributed by atoms with E-state index in [1.165, 1.54) is 30.1 Å². The zero-order valence-corrected chi connectivity index (χ0v) is 13.5. The van der Waals surface area contributed by atoms with Gasteiger partial charge in [0, 0.05) is 24.2 Å². The van der Waals surface area contributed by atoms with Gasteiger partial charge >= 0.3 is 0 Å². The molecule has 0 bridgehead atoms. The number of carbonyl (C=O) groups excluding carboxylic acids is 1. The summed E-state index contributed by atoms with van der Waals surface area (Å²) in [4.78, 5) is 24.4. The van der Waals surface area contributed by atoms with Gasteiger partial charge in [0.25, 0.3) is 11.6 Å². The number of sulfone groups is 1. The lowest BCUT2D eigenvalue weighted by Gasteiger charge is -2.34. The number of hydrogen-bond acceptors (Lipinski definition) is 5. The van der Waals surface area contributed by atoms with Gasteiger partial charge in [0.05, 0.1) is 22.0 Å². The molecule has 0 saturated carbocycles. The molecule has 1 aromatic rings. The van der Waals surface area contributed by atoms with Crippen LogP contribution in [-0.2, 0) is 9.84 Å². The molecule has 0 radical (unpaired) electrons. The van der Waals surface area contributed by atoms with Gasteiger partial charge in [0.2, 0.25) is 0 Å². The third-order valence-electron chi connectivity index (χ3n) is 4.25. The fraction of sp³-hybridized carbons (Fsp3) is 0.500. The molecule has 0 aliphatic carbocycles. The summed E-state index contributed by atoms with van der Waals surface area (Å²) in [6.45, 7) is 3.32. The first-order valence-electron chi connectivity index (χ1n) is 6.79. The maximum atomic E-state index is 12.5. The van der Waals surface area contributed by atoms with Gasteiger partial charge in [-0.2, -0.15) is 0 Å². The van der Waals surface area contributed by atoms with Crippen LogP contribution >= 0.6 is 0 Å². The number of rotatable bonds is 3. The molecular formula is C14H18N2O5S. The first-order valence-corrected chi connectivity index (χ1v) is 8.61. The van der Waals surface area contributed by atoms with Crippen molar-refractivity contribution in [3.8, 4) is 0 Å². The standard InChI is InChI=1S/C14H18N2O5S/c1-10-4-5-11(8-12(10)16(18)19)13(17)15(3)14(2)6-7-22(20,21)9-14/h4-5,8H,6-7,9H2,1-3H3/t14-/m1/s1. The predicted octanol–water partition coefficient (Wildman–Crippen LogP) is 1.55. The van der Waals surface area contributed by atoms with Crippen molar-refractivity contribution in [1.82, 2.24) is 4.90 Å². The Morgan fingerprint density at radius 3 is 2.55 bits per heavy atom. The van der Waals surface area contributed by atoms with E-state index in [0.29, 0.717) is 12.0 Å². The molecule has 120 valence electrons. The lowest BCUT2D eigenvalue weighted by molar-refractivity contribution is -0.385. The summed E-state index contributed by atoms with van der Waals surface area (Å²) in [6, 6.07) is 4.28. The lowest BCUT2D eigenvalue weighted by atomic mass is 9.98. The van der Waals surface area contributed by atoms with Crippen LogP contribution < -0.4 is 0 Å². The monoisotopic (exact) mass is 326 g/mol. The van der Waals surface area contributed by atoms with Crippen molar-refractivity contribution in [1.29, 1.82) is 0 Å². The quantitative estimate of drug-likeness (QED) is 0.620. The third kappa shape index (κ3) is 2.96. The van der Waals surface area contributed by atoms with E-state index < -0.39 is 26.2 Å². The molecule has 22 heavy (non-hydrogen) atoms. The van der Waals surface area contributed by atoms with Crippen LogP contribution in [0.15, 0.2) is 18.2 Å². The number of aryl methyl sites for hydroxylation is 1. The maximum Gasteiger partial charge on any atom is 0.273 e. The van der Waals surface area contributed by atoms with Gasteiger partial charge < -0.3 is 4.90 Å². The molecular weight excluding hydrogens is 308 g/mol. The van der Waals surface area contributed by atoms with Crippen LogP contribution in [0.2, 0.25) is 0 Å². The Kier molecular flexibility index (Phi) is 3.99. The SMILES string of the molecule is Cc1ccc(C(=O)N(C)[C@]2(C)CCS(=O)(=O)C2)cc1[N+](=O)[O-]. The summed E-state index contributed by atoms with van der Waals surface area (Å²) in [5.41, 5.74) is -0.247. The van der Waals surface area contributed by atoms with Crippen molar-refractivity contribution in [2.45, 2.75) is 25.8 Å². The molecule has 0 N–H and O–H groups in total. The molecule has 1 aliphatic heterocycles. The number of nitro groups is 1. The van der Waals surface area contributed by atoms with Crippen molar-refractivity contribution >= 4 is 21.4 Å². The molecule has 8 heteroatoms. The maximum absolute atomic E-state index is 12.5. The van der Waals surface area contributed by atoms with Gasteiger partial charge in [0.15, 0.2) is 9.84 Å². The topological polar surface area (TPSA) is 97.6 Å². The molecule has 1 aromatic carbocycles. The highest BCUT2D eigenvalue weighted by Gasteiger charge is 2.43. The number of nitro benzene ring substituents is 1. The Balaban J connectivity index is 2.32. The second-order valence-electron chi connectivity index (χ2n) is 5.96. The molecule has 0 spiro atoms. The summed E-state index contributed by atoms with van der Waals surface area (Å²) in [5.74, 6) is -0.451. The summed E-state index contributed by atoms with van der Waals surface area (Å²) < 4.78 is 23.3. The minimum Gasteiger partial charge on any atom is -0.335 e. The van der Waals surface area contributed by atoms with Crippen molar-refractivity contribution < 1.29 is 18.1 Å². The Morgan fingerprint density at radius 1 is 1.41 bits per heavy atom. The number of benzene rings is 1. The average Bonchev–Trinajstić information content (AvgIpc) is 2.72. The van der Waals surface area contributed by atoms with Crippen LogP contribution in [0, 0.1) is 17.0 Å². The van der Waals surface area contributed by atoms with Crippen LogP contribution in [-0.4, -0.2) is 48.2 Å². The van der Waals surface area contributed by atoms with E-state index in [0.717, 1.165) is 0 Å². The highest BCUT2D eigenvalue weighted by atomic mass is 32.2. The molecule has 2 rings (SSSR count). The Hall–Kier alpha value is -1.96. The fourth-order valence-electron chi connectivity index (χ4n) is 2.64. The van der Waals surface area contributed by atoms with Crippen molar-refractivity contribution in [2.24, 2.45) is 0 Å². The number of nitrogens with zero attached hydrogens (tertiary/aromatic N) is 2. The molecule has 1 heterocycles. The molecule has 1 aliphatic rings. The molecule has 1 atom stereocenters. The molecule has 7 nitrogen and oxygen atoms in total. The van der Waals surface area contributed by atoms with E-state index in [1.54, 1.807) is 13.8 Å². The van der Waals surface area contributed by atoms with Gasteiger partial charge in [-0.15, -0.1) is 0 Å². The van der Waals surface area contributed by atoms with Gasteiger partial charge in [-0.3, -0.25) is 14.9 Å². The molecule has 1 amide bonds. The molecule has 1 saturated heterocycles. The molecule has 0 aromatic heterocycles. The minimum atomic E-state index is -3.15. The third-order valence-corrected chi connectivity index (χ3v) is 6.14. The molecule has 0 unspecified atom stereocenters. The van der Waals surface area contributed by atoms with E-state index in [1.807, 2.05) is 0 Å². The fourth-order valence-corrected chi connectivity index (χ4v) is 4.82. The van der Waals surface area contributed by atoms with E-state index in [-0.39, 0.29) is 22.8 Å². The Labute approximate surface area is 129 Å². The first-order chi connectivity index (χ1) is 10.1. The van der Waals surface area contributed by atoms with E-state index in [2.05, 4.69) is 0 Å². The molecule has 1 fully saturated rings. The average molecular weight is 326 g/mol. The zero-order chi connectivity index (χ0) is 16.7. The van der Waals surface area contributed by atoms with Crippen LogP contribution in [0.1, 0.15) is 29.3 Å². The minimum absolute atomic E-state index is 0.0508. The first kappa shape index (κ1) is 16.4. The summed E-state index contributed by atoms with van der Waals surface area (Å²) in [7, 11) is -1.61. The summed E-state index contributed by atoms with van der Waals surface area (Å²) in [6.07, 6.45) is 0.367. The summed E-state index contributed by atoms with van der Waals surface area (Å²) in [5, 5.41) is 11.0. The Morgan fingerprint density at radius 2 is 2.05 bits per heavy atom. The van der Waals surface area contributed by atoms with Crippen LogP contribution in [0.25, 0.3) is 0 Å². The van der Waals surface area contributed by atoms with E-state index in [4.69, 9.17) is 0 Å². The smallest absolute Gasteiger partial charge is 0.273 e. The van der Waals surface area contributed by atoms with Gasteiger partial charge in [-0.25, -0.2) is 8.42 Å². The lowest BCUT2D eigenvalue weighted by Crippen LogP contribution is -2.48. The zero-order valence-electron chi connectivity index (χ0n) is 12.7. The second-order valence-corrected chi connectivity index (χ2v) is 8.15. The van der Waals surface area contributed by atoms with Crippen LogP contribution in [0.4, 0.5) is 5.69 Å². The van der Waals surface area contributed by atoms with Crippen molar-refractivity contribution in [3.05, 3.63) is 39.4 Å². The van der Waals surface area contributed by atoms with Gasteiger partial charge in [-0.05, 0) is 26.3 Å². The Bertz CT molecular complexity index is 744. The highest BCUT2D eigenvalue weighted by molar-refractivity contribution is 7.91. The van der Waals surface area contributed by atoms with Gasteiger partial charge in [-0.1, -0.05) is 6.07 Å². The van der Waals surface area contributed by atoms with E-state index >= 15 is 0 Å². The largest absolute Gasteiger partial charge is 0.335 e. The number of hydrogen-bond donors (Lipinski definition) is 0. The predicted molar refractivity (Wildman–Crippen MR) is 81.6 cm³/mol. The van der Waals surface area contributed by atoms with Crippen LogP contribution in [0.5, 0.6) is 0 Å². The number of amides is 1. The van der Waals surface area contributed by atoms with E-state index in [9.17, 15) is 23.3 Å². The van der Waals surface area contributed by atoms with Crippen molar-refractivity contribution in [2.75, 3.05) is 18.6 Å².